The summed E-state index contributed by atoms with van der Waals surface area (Å²) in [7, 11) is 0. The summed E-state index contributed by atoms with van der Waals surface area (Å²) in [5.74, 6) is 1.77. The van der Waals surface area contributed by atoms with Crippen LogP contribution in [0.1, 0.15) is 32.1 Å². The van der Waals surface area contributed by atoms with Crippen LogP contribution in [0.15, 0.2) is 28.7 Å². The molecule has 1 atom stereocenters. The fraction of sp³-hybridized carbons (Fsp3) is 0.600. The van der Waals surface area contributed by atoms with Gasteiger partial charge in [-0.25, -0.2) is 0 Å². The summed E-state index contributed by atoms with van der Waals surface area (Å²) < 4.78 is 6.81. The Hall–Kier alpha value is -0.540. The maximum absolute atomic E-state index is 9.53. The molecule has 0 bridgehead atoms. The lowest BCUT2D eigenvalue weighted by Gasteiger charge is -2.29. The van der Waals surface area contributed by atoms with Crippen LogP contribution in [0.2, 0.25) is 0 Å². The van der Waals surface area contributed by atoms with Gasteiger partial charge < -0.3 is 9.84 Å². The predicted octanol–water partition coefficient (Wildman–Crippen LogP) is 4.02. The first-order valence-corrected chi connectivity index (χ1v) is 7.58. The number of aliphatic hydroxyl groups excluding tert-OH is 1. The third-order valence-electron chi connectivity index (χ3n) is 3.84. The second kappa shape index (κ2) is 7.15. The van der Waals surface area contributed by atoms with Crippen LogP contribution in [0, 0.1) is 11.8 Å². The predicted molar refractivity (Wildman–Crippen MR) is 76.8 cm³/mol. The van der Waals surface area contributed by atoms with Gasteiger partial charge in [0.15, 0.2) is 0 Å². The fourth-order valence-electron chi connectivity index (χ4n) is 2.70. The Morgan fingerprint density at radius 3 is 2.61 bits per heavy atom. The van der Waals surface area contributed by atoms with Crippen LogP contribution in [0.4, 0.5) is 0 Å². The van der Waals surface area contributed by atoms with Crippen LogP contribution >= 0.6 is 15.9 Å². The molecule has 1 N–H and O–H groups in total. The van der Waals surface area contributed by atoms with Crippen molar-refractivity contribution < 1.29 is 9.84 Å². The minimum absolute atomic E-state index is 0.231. The van der Waals surface area contributed by atoms with E-state index in [1.54, 1.807) is 0 Å². The van der Waals surface area contributed by atoms with E-state index in [1.807, 2.05) is 24.3 Å². The van der Waals surface area contributed by atoms with Crippen LogP contribution in [-0.2, 0) is 0 Å². The van der Waals surface area contributed by atoms with E-state index < -0.39 is 0 Å². The number of aliphatic hydroxyl groups is 1. The smallest absolute Gasteiger partial charge is 0.133 e. The molecule has 18 heavy (non-hydrogen) atoms. The molecule has 1 aliphatic rings. The van der Waals surface area contributed by atoms with Gasteiger partial charge in [-0.05, 0) is 46.8 Å². The molecular weight excluding hydrogens is 292 g/mol. The SMILES string of the molecule is OCC(COc1ccccc1Br)C1CCCCC1. The van der Waals surface area contributed by atoms with Crippen molar-refractivity contribution in [3.63, 3.8) is 0 Å². The van der Waals surface area contributed by atoms with E-state index in [0.717, 1.165) is 10.2 Å². The number of hydrogen-bond donors (Lipinski definition) is 1. The standard InChI is InChI=1S/C15H21BrO2/c16-14-8-4-5-9-15(14)18-11-13(10-17)12-6-2-1-3-7-12/h4-5,8-9,12-13,17H,1-3,6-7,10-11H2. The molecule has 1 aliphatic carbocycles. The molecule has 0 heterocycles. The number of ether oxygens (including phenoxy) is 1. The molecule has 0 aliphatic heterocycles. The summed E-state index contributed by atoms with van der Waals surface area (Å²) in [4.78, 5) is 0. The summed E-state index contributed by atoms with van der Waals surface area (Å²) in [6, 6.07) is 7.87. The number of rotatable bonds is 5. The highest BCUT2D eigenvalue weighted by molar-refractivity contribution is 9.10. The maximum Gasteiger partial charge on any atom is 0.133 e. The van der Waals surface area contributed by atoms with Crippen molar-refractivity contribution in [2.24, 2.45) is 11.8 Å². The molecule has 0 amide bonds. The van der Waals surface area contributed by atoms with Crippen LogP contribution in [0.5, 0.6) is 5.75 Å². The molecule has 1 fully saturated rings. The molecule has 0 spiro atoms. The van der Waals surface area contributed by atoms with Gasteiger partial charge >= 0.3 is 0 Å². The Morgan fingerprint density at radius 1 is 1.22 bits per heavy atom. The molecule has 0 radical (unpaired) electrons. The Kier molecular flexibility index (Phi) is 5.51. The van der Waals surface area contributed by atoms with Gasteiger partial charge in [0.2, 0.25) is 0 Å². The number of halogens is 1. The third kappa shape index (κ3) is 3.72. The van der Waals surface area contributed by atoms with E-state index in [1.165, 1.54) is 32.1 Å². The number of benzene rings is 1. The molecule has 2 nitrogen and oxygen atoms in total. The minimum Gasteiger partial charge on any atom is -0.492 e. The van der Waals surface area contributed by atoms with Crippen molar-refractivity contribution >= 4 is 15.9 Å². The van der Waals surface area contributed by atoms with Crippen molar-refractivity contribution in [1.29, 1.82) is 0 Å². The van der Waals surface area contributed by atoms with Crippen molar-refractivity contribution in [1.82, 2.24) is 0 Å². The molecule has 100 valence electrons. The Balaban J connectivity index is 1.88. The van der Waals surface area contributed by atoms with Crippen molar-refractivity contribution in [3.8, 4) is 5.75 Å². The molecule has 2 rings (SSSR count). The highest BCUT2D eigenvalue weighted by Gasteiger charge is 2.23. The highest BCUT2D eigenvalue weighted by Crippen LogP contribution is 2.31. The van der Waals surface area contributed by atoms with Crippen LogP contribution in [0.25, 0.3) is 0 Å². The average Bonchev–Trinajstić information content (AvgIpc) is 2.42. The largest absolute Gasteiger partial charge is 0.492 e. The highest BCUT2D eigenvalue weighted by atomic mass is 79.9. The van der Waals surface area contributed by atoms with Gasteiger partial charge in [-0.2, -0.15) is 0 Å². The lowest BCUT2D eigenvalue weighted by atomic mass is 9.81. The third-order valence-corrected chi connectivity index (χ3v) is 4.50. The van der Waals surface area contributed by atoms with E-state index >= 15 is 0 Å². The number of para-hydroxylation sites is 1. The molecule has 3 heteroatoms. The summed E-state index contributed by atoms with van der Waals surface area (Å²) in [5.41, 5.74) is 0. The summed E-state index contributed by atoms with van der Waals surface area (Å²) in [6.45, 7) is 0.846. The van der Waals surface area contributed by atoms with E-state index in [2.05, 4.69) is 15.9 Å². The molecule has 0 saturated heterocycles. The topological polar surface area (TPSA) is 29.5 Å². The van der Waals surface area contributed by atoms with E-state index in [0.29, 0.717) is 12.5 Å². The van der Waals surface area contributed by atoms with Crippen LogP contribution in [-0.4, -0.2) is 18.3 Å². The van der Waals surface area contributed by atoms with Gasteiger partial charge in [0, 0.05) is 12.5 Å². The first kappa shape index (κ1) is 13.9. The molecule has 1 saturated carbocycles. The Morgan fingerprint density at radius 2 is 1.94 bits per heavy atom. The van der Waals surface area contributed by atoms with E-state index in [9.17, 15) is 5.11 Å². The minimum atomic E-state index is 0.231. The van der Waals surface area contributed by atoms with Gasteiger partial charge in [-0.3, -0.25) is 0 Å². The van der Waals surface area contributed by atoms with Crippen molar-refractivity contribution in [2.45, 2.75) is 32.1 Å². The van der Waals surface area contributed by atoms with E-state index in [-0.39, 0.29) is 12.5 Å². The van der Waals surface area contributed by atoms with E-state index in [4.69, 9.17) is 4.74 Å². The van der Waals surface area contributed by atoms with Gasteiger partial charge in [0.25, 0.3) is 0 Å². The number of hydrogen-bond acceptors (Lipinski definition) is 2. The summed E-state index contributed by atoms with van der Waals surface area (Å²) in [5, 5.41) is 9.53. The quantitative estimate of drug-likeness (QED) is 0.890. The Bertz CT molecular complexity index is 361. The average molecular weight is 313 g/mol. The second-order valence-electron chi connectivity index (χ2n) is 5.08. The fourth-order valence-corrected chi connectivity index (χ4v) is 3.10. The molecule has 1 aromatic carbocycles. The Labute approximate surface area is 117 Å². The first-order chi connectivity index (χ1) is 8.81. The van der Waals surface area contributed by atoms with Gasteiger partial charge in [0.1, 0.15) is 5.75 Å². The summed E-state index contributed by atoms with van der Waals surface area (Å²) in [6.07, 6.45) is 6.43. The lowest BCUT2D eigenvalue weighted by Crippen LogP contribution is -2.27. The van der Waals surface area contributed by atoms with Gasteiger partial charge in [-0.15, -0.1) is 0 Å². The maximum atomic E-state index is 9.53. The van der Waals surface area contributed by atoms with Crippen LogP contribution < -0.4 is 4.74 Å². The zero-order valence-electron chi connectivity index (χ0n) is 10.6. The molecular formula is C15H21BrO2. The first-order valence-electron chi connectivity index (χ1n) is 6.79. The van der Waals surface area contributed by atoms with Crippen molar-refractivity contribution in [2.75, 3.05) is 13.2 Å². The van der Waals surface area contributed by atoms with Crippen LogP contribution in [0.3, 0.4) is 0 Å². The molecule has 0 aromatic heterocycles. The second-order valence-corrected chi connectivity index (χ2v) is 5.94. The monoisotopic (exact) mass is 312 g/mol. The van der Waals surface area contributed by atoms with Gasteiger partial charge in [0.05, 0.1) is 11.1 Å². The zero-order chi connectivity index (χ0) is 12.8. The zero-order valence-corrected chi connectivity index (χ0v) is 12.2. The van der Waals surface area contributed by atoms with Crippen molar-refractivity contribution in [3.05, 3.63) is 28.7 Å². The van der Waals surface area contributed by atoms with Gasteiger partial charge in [-0.1, -0.05) is 31.4 Å². The summed E-state index contributed by atoms with van der Waals surface area (Å²) >= 11 is 3.48. The normalized spacial score (nSPS) is 18.6. The molecule has 1 unspecified atom stereocenters. The molecule has 1 aromatic rings. The lowest BCUT2D eigenvalue weighted by molar-refractivity contribution is 0.0980.